The van der Waals surface area contributed by atoms with Crippen LogP contribution >= 0.6 is 0 Å². The van der Waals surface area contributed by atoms with Crippen molar-refractivity contribution in [2.75, 3.05) is 31.2 Å². The summed E-state index contributed by atoms with van der Waals surface area (Å²) in [7, 11) is 0. The van der Waals surface area contributed by atoms with E-state index in [0.717, 1.165) is 13.1 Å². The highest BCUT2D eigenvalue weighted by molar-refractivity contribution is 5.32. The average molecular weight is 319 g/mol. The largest absolute Gasteiger partial charge is 0.486 e. The Kier molecular flexibility index (Phi) is 4.99. The van der Waals surface area contributed by atoms with E-state index in [1.165, 1.54) is 0 Å². The summed E-state index contributed by atoms with van der Waals surface area (Å²) in [5.41, 5.74) is 0.638. The Morgan fingerprint density at radius 1 is 1.17 bits per heavy atom. The van der Waals surface area contributed by atoms with Crippen LogP contribution in [0, 0.1) is 5.82 Å². The summed E-state index contributed by atoms with van der Waals surface area (Å²) in [6.45, 7) is 2.58. The van der Waals surface area contributed by atoms with E-state index in [2.05, 4.69) is 9.97 Å². The van der Waals surface area contributed by atoms with Crippen LogP contribution in [0.15, 0.2) is 30.6 Å². The summed E-state index contributed by atoms with van der Waals surface area (Å²) in [6, 6.07) is 4.85. The van der Waals surface area contributed by atoms with Crippen LogP contribution in [-0.2, 0) is 18.0 Å². The number of aliphatic hydroxyl groups excluding tert-OH is 1. The number of morpholine rings is 1. The minimum absolute atomic E-state index is 0.0555. The van der Waals surface area contributed by atoms with Gasteiger partial charge in [-0.25, -0.2) is 14.4 Å². The quantitative estimate of drug-likeness (QED) is 0.901. The second-order valence-electron chi connectivity index (χ2n) is 5.16. The maximum absolute atomic E-state index is 14.0. The zero-order valence-electron chi connectivity index (χ0n) is 12.6. The second-order valence-corrected chi connectivity index (χ2v) is 5.16. The molecule has 0 aliphatic carbocycles. The summed E-state index contributed by atoms with van der Waals surface area (Å²) in [6.07, 6.45) is 3.15. The molecular formula is C16H18FN3O3. The first-order valence-electron chi connectivity index (χ1n) is 7.42. The van der Waals surface area contributed by atoms with Gasteiger partial charge in [-0.15, -0.1) is 0 Å². The molecule has 1 N–H and O–H groups in total. The average Bonchev–Trinajstić information content (AvgIpc) is 2.62. The molecule has 1 aliphatic rings. The maximum atomic E-state index is 14.0. The molecule has 2 aromatic rings. The molecule has 0 radical (unpaired) electrons. The second kappa shape index (κ2) is 7.34. The van der Waals surface area contributed by atoms with E-state index >= 15 is 0 Å². The maximum Gasteiger partial charge on any atom is 0.225 e. The van der Waals surface area contributed by atoms with Crippen LogP contribution in [0.5, 0.6) is 5.75 Å². The van der Waals surface area contributed by atoms with E-state index < -0.39 is 5.82 Å². The molecule has 6 nitrogen and oxygen atoms in total. The summed E-state index contributed by atoms with van der Waals surface area (Å²) >= 11 is 0. The fourth-order valence-corrected chi connectivity index (χ4v) is 2.34. The number of ether oxygens (including phenoxy) is 2. The number of anilines is 1. The monoisotopic (exact) mass is 319 g/mol. The highest BCUT2D eigenvalue weighted by atomic mass is 19.1. The van der Waals surface area contributed by atoms with Gasteiger partial charge in [0.2, 0.25) is 5.95 Å². The predicted octanol–water partition coefficient (Wildman–Crippen LogP) is 1.52. The normalized spacial score (nSPS) is 14.8. The van der Waals surface area contributed by atoms with Crippen molar-refractivity contribution >= 4 is 5.95 Å². The number of aliphatic hydroxyl groups is 1. The minimum atomic E-state index is -0.444. The number of hydrogen-bond acceptors (Lipinski definition) is 6. The zero-order chi connectivity index (χ0) is 16.1. The molecular weight excluding hydrogens is 301 g/mol. The van der Waals surface area contributed by atoms with Gasteiger partial charge in [0.05, 0.1) is 32.2 Å². The third kappa shape index (κ3) is 3.75. The minimum Gasteiger partial charge on any atom is -0.486 e. The van der Waals surface area contributed by atoms with Crippen LogP contribution in [-0.4, -0.2) is 41.4 Å². The molecule has 1 aromatic carbocycles. The van der Waals surface area contributed by atoms with Crippen molar-refractivity contribution in [3.63, 3.8) is 0 Å². The molecule has 1 aliphatic heterocycles. The van der Waals surface area contributed by atoms with Gasteiger partial charge in [-0.1, -0.05) is 18.2 Å². The van der Waals surface area contributed by atoms with E-state index in [4.69, 9.17) is 14.6 Å². The lowest BCUT2D eigenvalue weighted by Crippen LogP contribution is -2.37. The number of hydrogen-bond donors (Lipinski definition) is 1. The summed E-state index contributed by atoms with van der Waals surface area (Å²) in [5.74, 6) is 0.658. The molecule has 1 saturated heterocycles. The van der Waals surface area contributed by atoms with Gasteiger partial charge in [-0.3, -0.25) is 0 Å². The lowest BCUT2D eigenvalue weighted by atomic mass is 10.1. The Balaban J connectivity index is 1.62. The van der Waals surface area contributed by atoms with Gasteiger partial charge in [-0.2, -0.15) is 0 Å². The zero-order valence-corrected chi connectivity index (χ0v) is 12.6. The lowest BCUT2D eigenvalue weighted by molar-refractivity contribution is 0.122. The Labute approximate surface area is 133 Å². The Hall–Kier alpha value is -2.25. The molecule has 0 bridgehead atoms. The van der Waals surface area contributed by atoms with E-state index in [1.54, 1.807) is 30.6 Å². The number of nitrogens with zero attached hydrogens (tertiary/aromatic N) is 3. The summed E-state index contributed by atoms with van der Waals surface area (Å²) in [4.78, 5) is 10.6. The molecule has 23 heavy (non-hydrogen) atoms. The molecule has 1 fully saturated rings. The van der Waals surface area contributed by atoms with Crippen molar-refractivity contribution in [3.8, 4) is 5.75 Å². The van der Waals surface area contributed by atoms with Crippen molar-refractivity contribution in [1.29, 1.82) is 0 Å². The molecule has 122 valence electrons. The number of aromatic nitrogens is 2. The smallest absolute Gasteiger partial charge is 0.225 e. The third-order valence-electron chi connectivity index (χ3n) is 3.63. The Bertz CT molecular complexity index is 646. The van der Waals surface area contributed by atoms with Gasteiger partial charge in [0.15, 0.2) is 5.75 Å². The molecule has 0 saturated carbocycles. The van der Waals surface area contributed by atoms with Crippen LogP contribution in [0.2, 0.25) is 0 Å². The van der Waals surface area contributed by atoms with Gasteiger partial charge in [0.1, 0.15) is 12.4 Å². The molecule has 7 heteroatoms. The van der Waals surface area contributed by atoms with Crippen LogP contribution in [0.25, 0.3) is 0 Å². The number of halogens is 1. The van der Waals surface area contributed by atoms with Crippen molar-refractivity contribution in [2.24, 2.45) is 0 Å². The van der Waals surface area contributed by atoms with Gasteiger partial charge in [0.25, 0.3) is 0 Å². The highest BCUT2D eigenvalue weighted by Gasteiger charge is 2.14. The van der Waals surface area contributed by atoms with Gasteiger partial charge in [0, 0.05) is 24.2 Å². The topological polar surface area (TPSA) is 67.7 Å². The van der Waals surface area contributed by atoms with Crippen molar-refractivity contribution in [3.05, 3.63) is 47.5 Å². The van der Waals surface area contributed by atoms with Crippen molar-refractivity contribution in [2.45, 2.75) is 13.2 Å². The van der Waals surface area contributed by atoms with E-state index in [9.17, 15) is 4.39 Å². The molecule has 3 rings (SSSR count). The Morgan fingerprint density at radius 3 is 2.57 bits per heavy atom. The fourth-order valence-electron chi connectivity index (χ4n) is 2.34. The first kappa shape index (κ1) is 15.6. The molecule has 0 amide bonds. The molecule has 2 heterocycles. The standard InChI is InChI=1S/C16H18FN3O3/c17-15-12(10-21)2-1-3-13(15)11-23-14-8-18-16(19-9-14)20-4-6-22-7-5-20/h1-3,8-9,21H,4-7,10-11H2. The van der Waals surface area contributed by atoms with Gasteiger partial charge >= 0.3 is 0 Å². The SMILES string of the molecule is OCc1cccc(COc2cnc(N3CCOCC3)nc2)c1F. The van der Waals surface area contributed by atoms with Gasteiger partial charge < -0.3 is 19.5 Å². The summed E-state index contributed by atoms with van der Waals surface area (Å²) in [5, 5.41) is 9.07. The highest BCUT2D eigenvalue weighted by Crippen LogP contribution is 2.17. The van der Waals surface area contributed by atoms with Crippen LogP contribution in [0.1, 0.15) is 11.1 Å². The van der Waals surface area contributed by atoms with Crippen LogP contribution in [0.4, 0.5) is 10.3 Å². The van der Waals surface area contributed by atoms with Gasteiger partial charge in [-0.05, 0) is 0 Å². The first-order valence-corrected chi connectivity index (χ1v) is 7.42. The lowest BCUT2D eigenvalue weighted by Gasteiger charge is -2.26. The predicted molar refractivity (Wildman–Crippen MR) is 81.7 cm³/mol. The van der Waals surface area contributed by atoms with Crippen LogP contribution < -0.4 is 9.64 Å². The first-order chi connectivity index (χ1) is 11.3. The fraction of sp³-hybridized carbons (Fsp3) is 0.375. The molecule has 0 unspecified atom stereocenters. The summed E-state index contributed by atoms with van der Waals surface area (Å²) < 4.78 is 24.8. The molecule has 0 spiro atoms. The van der Waals surface area contributed by atoms with Crippen LogP contribution in [0.3, 0.4) is 0 Å². The molecule has 0 atom stereocenters. The molecule has 1 aromatic heterocycles. The van der Waals surface area contributed by atoms with E-state index in [-0.39, 0.29) is 18.8 Å². The Morgan fingerprint density at radius 2 is 1.87 bits per heavy atom. The van der Waals surface area contributed by atoms with Crippen molar-refractivity contribution < 1.29 is 19.0 Å². The number of benzene rings is 1. The third-order valence-corrected chi connectivity index (χ3v) is 3.63. The van der Waals surface area contributed by atoms with E-state index in [0.29, 0.717) is 30.5 Å². The number of rotatable bonds is 5. The van der Waals surface area contributed by atoms with Crippen molar-refractivity contribution in [1.82, 2.24) is 9.97 Å². The van der Waals surface area contributed by atoms with E-state index in [1.807, 2.05) is 4.90 Å².